The van der Waals surface area contributed by atoms with Gasteiger partial charge < -0.3 is 5.41 Å². The van der Waals surface area contributed by atoms with E-state index in [9.17, 15) is 4.39 Å². The third-order valence-electron chi connectivity index (χ3n) is 2.51. The zero-order chi connectivity index (χ0) is 15.1. The lowest BCUT2D eigenvalue weighted by atomic mass is 10.1. The second kappa shape index (κ2) is 14.9. The number of halogens is 1. The van der Waals surface area contributed by atoms with Crippen LogP contribution < -0.4 is 0 Å². The van der Waals surface area contributed by atoms with Crippen LogP contribution in [0.25, 0.3) is 0 Å². The third kappa shape index (κ3) is 14.8. The summed E-state index contributed by atoms with van der Waals surface area (Å²) in [6.07, 6.45) is 5.68. The molecule has 0 aliphatic heterocycles. The molecule has 1 N–H and O–H groups in total. The minimum atomic E-state index is -0.144. The van der Waals surface area contributed by atoms with E-state index in [1.807, 2.05) is 32.9 Å². The van der Waals surface area contributed by atoms with Crippen molar-refractivity contribution in [2.45, 2.75) is 66.7 Å². The van der Waals surface area contributed by atoms with Crippen LogP contribution in [0.4, 0.5) is 4.39 Å². The minimum Gasteiger partial charge on any atom is -0.310 e. The van der Waals surface area contributed by atoms with E-state index in [0.29, 0.717) is 0 Å². The van der Waals surface area contributed by atoms with Crippen LogP contribution in [0.3, 0.4) is 0 Å². The second-order valence-electron chi connectivity index (χ2n) is 4.22. The van der Waals surface area contributed by atoms with Crippen LogP contribution in [0.2, 0.25) is 0 Å². The summed E-state index contributed by atoms with van der Waals surface area (Å²) >= 11 is 0. The molecule has 0 spiro atoms. The van der Waals surface area contributed by atoms with E-state index in [1.165, 1.54) is 37.0 Å². The molecule has 0 unspecified atom stereocenters. The predicted molar refractivity (Wildman–Crippen MR) is 86.8 cm³/mol. The summed E-state index contributed by atoms with van der Waals surface area (Å²) in [5.41, 5.74) is 2.00. The average Bonchev–Trinajstić information content (AvgIpc) is 2.44. The molecule has 0 bridgehead atoms. The first kappa shape index (κ1) is 20.1. The van der Waals surface area contributed by atoms with Crippen LogP contribution in [0.15, 0.2) is 24.3 Å². The van der Waals surface area contributed by atoms with E-state index in [-0.39, 0.29) is 7.24 Å². The van der Waals surface area contributed by atoms with Gasteiger partial charge in [0.15, 0.2) is 0 Å². The maximum Gasteiger partial charge on any atom is 0.123 e. The molecule has 0 saturated heterocycles. The van der Waals surface area contributed by atoms with Gasteiger partial charge >= 0.3 is 0 Å². The average molecular weight is 269 g/mol. The van der Waals surface area contributed by atoms with Crippen molar-refractivity contribution in [1.82, 2.24) is 0 Å². The fourth-order valence-corrected chi connectivity index (χ4v) is 1.23. The van der Waals surface area contributed by atoms with Gasteiger partial charge in [0.05, 0.1) is 0 Å². The van der Waals surface area contributed by atoms with Crippen molar-refractivity contribution < 1.29 is 5.82 Å². The van der Waals surface area contributed by atoms with Gasteiger partial charge in [-0.3, -0.25) is 0 Å². The monoisotopic (exact) mass is 269 g/mol. The maximum atomic E-state index is 12.5. The van der Waals surface area contributed by atoms with E-state index in [4.69, 9.17) is 5.41 Å². The zero-order valence-electron chi connectivity index (χ0n) is 13.2. The van der Waals surface area contributed by atoms with Crippen LogP contribution >= 0.6 is 0 Å². The van der Waals surface area contributed by atoms with Crippen molar-refractivity contribution in [3.05, 3.63) is 35.6 Å². The molecular formula is C17H32FN. The Kier molecular flexibility index (Phi) is 15.8. The third-order valence-corrected chi connectivity index (χ3v) is 2.51. The molecule has 0 amide bonds. The molecule has 0 atom stereocenters. The van der Waals surface area contributed by atoms with Crippen molar-refractivity contribution in [3.8, 4) is 0 Å². The highest BCUT2D eigenvalue weighted by atomic mass is 19.1. The standard InChI is InChI=1S/C11H15F.C4H9N.C2H6.H2/c1-2-3-4-5-10-6-8-11(12)9-7-10;1-3-4(2)5;1-2;/h6-9H,2-5H2,1H3;5H,3H2,1-2H3;1-2H3;1H. The fourth-order valence-electron chi connectivity index (χ4n) is 1.23. The van der Waals surface area contributed by atoms with E-state index >= 15 is 0 Å². The molecule has 2 heteroatoms. The fraction of sp³-hybridized carbons (Fsp3) is 0.588. The number of unbranched alkanes of at least 4 members (excludes halogenated alkanes) is 2. The Labute approximate surface area is 120 Å². The summed E-state index contributed by atoms with van der Waals surface area (Å²) in [7, 11) is 0. The largest absolute Gasteiger partial charge is 0.310 e. The molecule has 19 heavy (non-hydrogen) atoms. The Balaban J connectivity index is -0.000000310. The highest BCUT2D eigenvalue weighted by Gasteiger charge is 1.92. The second-order valence-corrected chi connectivity index (χ2v) is 4.22. The quantitative estimate of drug-likeness (QED) is 0.481. The summed E-state index contributed by atoms with van der Waals surface area (Å²) in [4.78, 5) is 0. The van der Waals surface area contributed by atoms with Crippen LogP contribution in [0.1, 0.15) is 67.3 Å². The van der Waals surface area contributed by atoms with Gasteiger partial charge in [-0.25, -0.2) is 4.39 Å². The highest BCUT2D eigenvalue weighted by molar-refractivity contribution is 5.77. The van der Waals surface area contributed by atoms with Crippen LogP contribution in [0.5, 0.6) is 0 Å². The number of aryl methyl sites for hydroxylation is 1. The summed E-state index contributed by atoms with van der Waals surface area (Å²) in [5.74, 6) is -0.144. The molecule has 112 valence electrons. The first-order valence-electron chi connectivity index (χ1n) is 7.38. The molecule has 1 aromatic rings. The molecule has 0 saturated carbocycles. The van der Waals surface area contributed by atoms with Crippen molar-refractivity contribution in [3.63, 3.8) is 0 Å². The smallest absolute Gasteiger partial charge is 0.123 e. The maximum absolute atomic E-state index is 12.5. The van der Waals surface area contributed by atoms with Crippen molar-refractivity contribution in [1.29, 1.82) is 5.41 Å². The van der Waals surface area contributed by atoms with Crippen LogP contribution in [-0.4, -0.2) is 5.71 Å². The molecule has 1 aromatic carbocycles. The van der Waals surface area contributed by atoms with Crippen molar-refractivity contribution in [2.24, 2.45) is 0 Å². The van der Waals surface area contributed by atoms with Gasteiger partial charge in [0.2, 0.25) is 0 Å². The van der Waals surface area contributed by atoms with Gasteiger partial charge in [-0.15, -0.1) is 0 Å². The normalized spacial score (nSPS) is 8.74. The van der Waals surface area contributed by atoms with Gasteiger partial charge in [0.25, 0.3) is 0 Å². The van der Waals surface area contributed by atoms with Crippen LogP contribution in [0, 0.1) is 11.2 Å². The van der Waals surface area contributed by atoms with Gasteiger partial charge in [-0.2, -0.15) is 0 Å². The predicted octanol–water partition coefficient (Wildman–Crippen LogP) is 6.27. The SMILES string of the molecule is CC.CCC(C)=N.CCCCCc1ccc(F)cc1.[HH]. The van der Waals surface area contributed by atoms with Crippen LogP contribution in [-0.2, 0) is 6.42 Å². The molecule has 0 radical (unpaired) electrons. The Morgan fingerprint density at radius 2 is 1.58 bits per heavy atom. The number of benzene rings is 1. The zero-order valence-corrected chi connectivity index (χ0v) is 13.2. The molecule has 0 aliphatic rings. The Bertz CT molecular complexity index is 309. The first-order chi connectivity index (χ1) is 9.10. The van der Waals surface area contributed by atoms with E-state index in [2.05, 4.69) is 6.92 Å². The summed E-state index contributed by atoms with van der Waals surface area (Å²) in [6, 6.07) is 6.79. The minimum absolute atomic E-state index is 0. The lowest BCUT2D eigenvalue weighted by Gasteiger charge is -1.99. The molecule has 1 nitrogen and oxygen atoms in total. The molecular weight excluding hydrogens is 237 g/mol. The molecule has 1 rings (SSSR count). The van der Waals surface area contributed by atoms with Crippen molar-refractivity contribution in [2.75, 3.05) is 0 Å². The lowest BCUT2D eigenvalue weighted by Crippen LogP contribution is -1.85. The van der Waals surface area contributed by atoms with Gasteiger partial charge in [-0.1, -0.05) is 52.7 Å². The summed E-state index contributed by atoms with van der Waals surface area (Å²) in [6.45, 7) is 9.97. The Hall–Kier alpha value is -1.18. The van der Waals surface area contributed by atoms with E-state index in [0.717, 1.165) is 18.6 Å². The Morgan fingerprint density at radius 3 is 1.95 bits per heavy atom. The highest BCUT2D eigenvalue weighted by Crippen LogP contribution is 2.07. The molecule has 0 aromatic heterocycles. The van der Waals surface area contributed by atoms with Crippen molar-refractivity contribution >= 4 is 5.71 Å². The van der Waals surface area contributed by atoms with Gasteiger partial charge in [0.1, 0.15) is 5.82 Å². The topological polar surface area (TPSA) is 23.9 Å². The van der Waals surface area contributed by atoms with E-state index in [1.54, 1.807) is 6.92 Å². The van der Waals surface area contributed by atoms with Gasteiger partial charge in [-0.05, 0) is 43.9 Å². The number of rotatable bonds is 5. The molecule has 0 heterocycles. The summed E-state index contributed by atoms with van der Waals surface area (Å²) in [5, 5.41) is 6.74. The lowest BCUT2D eigenvalue weighted by molar-refractivity contribution is 0.626. The number of hydrogen-bond acceptors (Lipinski definition) is 1. The first-order valence-corrected chi connectivity index (χ1v) is 7.38. The Morgan fingerprint density at radius 1 is 1.11 bits per heavy atom. The number of hydrogen-bond donors (Lipinski definition) is 1. The molecule has 0 aliphatic carbocycles. The van der Waals surface area contributed by atoms with Gasteiger partial charge in [0, 0.05) is 7.14 Å². The summed E-state index contributed by atoms with van der Waals surface area (Å²) < 4.78 is 12.5. The number of nitrogens with one attached hydrogen (secondary N) is 1. The van der Waals surface area contributed by atoms with E-state index < -0.39 is 0 Å². The molecule has 0 fully saturated rings.